The first-order valence-electron chi connectivity index (χ1n) is 4.39. The second kappa shape index (κ2) is 5.45. The van der Waals surface area contributed by atoms with Crippen molar-refractivity contribution in [2.75, 3.05) is 13.7 Å². The summed E-state index contributed by atoms with van der Waals surface area (Å²) in [5.41, 5.74) is 0.585. The molecular formula is C9H12N2O3S. The molecule has 0 aromatic carbocycles. The maximum Gasteiger partial charge on any atom is 0.362 e. The number of hydrogen-bond donors (Lipinski definition) is 0. The lowest BCUT2D eigenvalue weighted by atomic mass is 10.3. The van der Waals surface area contributed by atoms with Crippen molar-refractivity contribution in [2.24, 2.45) is 5.16 Å². The van der Waals surface area contributed by atoms with E-state index in [1.54, 1.807) is 12.3 Å². The van der Waals surface area contributed by atoms with Crippen LogP contribution in [0.3, 0.4) is 0 Å². The van der Waals surface area contributed by atoms with Gasteiger partial charge >= 0.3 is 5.97 Å². The second-order valence-electron chi connectivity index (χ2n) is 2.59. The summed E-state index contributed by atoms with van der Waals surface area (Å²) in [7, 11) is 1.37. The van der Waals surface area contributed by atoms with E-state index in [0.29, 0.717) is 12.3 Å². The van der Waals surface area contributed by atoms with Crippen LogP contribution >= 0.6 is 11.3 Å². The fourth-order valence-corrected chi connectivity index (χ4v) is 1.55. The first-order valence-corrected chi connectivity index (χ1v) is 5.27. The van der Waals surface area contributed by atoms with Crippen molar-refractivity contribution in [1.82, 2.24) is 4.98 Å². The molecule has 0 saturated heterocycles. The van der Waals surface area contributed by atoms with Gasteiger partial charge in [0.1, 0.15) is 12.8 Å². The molecule has 0 amide bonds. The van der Waals surface area contributed by atoms with Gasteiger partial charge in [-0.1, -0.05) is 5.16 Å². The third kappa shape index (κ3) is 3.02. The van der Waals surface area contributed by atoms with Crippen molar-refractivity contribution in [3.05, 3.63) is 16.1 Å². The lowest BCUT2D eigenvalue weighted by Gasteiger charge is -2.01. The normalized spacial score (nSPS) is 11.3. The smallest absolute Gasteiger partial charge is 0.362 e. The first kappa shape index (κ1) is 11.6. The molecule has 15 heavy (non-hydrogen) atoms. The number of aromatic nitrogens is 1. The summed E-state index contributed by atoms with van der Waals surface area (Å²) in [5.74, 6) is -0.523. The maximum absolute atomic E-state index is 11.5. The van der Waals surface area contributed by atoms with Gasteiger partial charge < -0.3 is 9.57 Å². The monoisotopic (exact) mass is 228 g/mol. The van der Waals surface area contributed by atoms with Crippen LogP contribution in [-0.2, 0) is 14.4 Å². The third-order valence-electron chi connectivity index (χ3n) is 1.51. The van der Waals surface area contributed by atoms with E-state index in [4.69, 9.17) is 4.74 Å². The van der Waals surface area contributed by atoms with Crippen LogP contribution in [0, 0.1) is 6.92 Å². The quantitative estimate of drug-likeness (QED) is 0.443. The summed E-state index contributed by atoms with van der Waals surface area (Å²) >= 11 is 1.44. The van der Waals surface area contributed by atoms with Gasteiger partial charge in [-0.05, 0) is 13.8 Å². The first-order chi connectivity index (χ1) is 7.19. The number of nitrogens with zero attached hydrogens (tertiary/aromatic N) is 2. The van der Waals surface area contributed by atoms with Crippen molar-refractivity contribution in [2.45, 2.75) is 13.8 Å². The number of esters is 1. The Hall–Kier alpha value is -1.43. The Balaban J connectivity index is 2.93. The highest BCUT2D eigenvalue weighted by molar-refractivity contribution is 7.09. The van der Waals surface area contributed by atoms with Crippen LogP contribution in [0.4, 0.5) is 0 Å². The van der Waals surface area contributed by atoms with Crippen LogP contribution in [0.1, 0.15) is 17.6 Å². The summed E-state index contributed by atoms with van der Waals surface area (Å²) in [6.07, 6.45) is 0. The number of carbonyl (C=O) groups excluding carboxylic acids is 1. The molecule has 82 valence electrons. The number of aryl methyl sites for hydroxylation is 1. The van der Waals surface area contributed by atoms with Gasteiger partial charge in [0.25, 0.3) is 0 Å². The number of ether oxygens (including phenoxy) is 1. The minimum absolute atomic E-state index is 0.101. The van der Waals surface area contributed by atoms with E-state index in [1.165, 1.54) is 18.4 Å². The lowest BCUT2D eigenvalue weighted by molar-refractivity contribution is -0.135. The zero-order valence-electron chi connectivity index (χ0n) is 8.81. The molecule has 0 aliphatic carbocycles. The van der Waals surface area contributed by atoms with Crippen LogP contribution in [-0.4, -0.2) is 30.4 Å². The van der Waals surface area contributed by atoms with Crippen LogP contribution in [0.15, 0.2) is 10.5 Å². The Kier molecular flexibility index (Phi) is 4.23. The molecular weight excluding hydrogens is 216 g/mol. The summed E-state index contributed by atoms with van der Waals surface area (Å²) < 4.78 is 4.84. The van der Waals surface area contributed by atoms with Crippen molar-refractivity contribution in [3.63, 3.8) is 0 Å². The van der Waals surface area contributed by atoms with E-state index in [0.717, 1.165) is 5.01 Å². The molecule has 0 unspecified atom stereocenters. The molecule has 0 atom stereocenters. The van der Waals surface area contributed by atoms with E-state index in [-0.39, 0.29) is 5.71 Å². The molecule has 1 heterocycles. The Labute approximate surface area is 91.7 Å². The molecule has 0 bridgehead atoms. The van der Waals surface area contributed by atoms with Crippen molar-refractivity contribution in [1.29, 1.82) is 0 Å². The zero-order chi connectivity index (χ0) is 11.3. The summed E-state index contributed by atoms with van der Waals surface area (Å²) in [5, 5.41) is 6.21. The molecule has 1 aromatic rings. The Morgan fingerprint density at radius 3 is 2.87 bits per heavy atom. The average Bonchev–Trinajstić information content (AvgIpc) is 2.61. The summed E-state index contributed by atoms with van der Waals surface area (Å²) in [4.78, 5) is 20.2. The van der Waals surface area contributed by atoms with Crippen LogP contribution in [0.5, 0.6) is 0 Å². The van der Waals surface area contributed by atoms with Gasteiger partial charge in [0.15, 0.2) is 0 Å². The zero-order valence-corrected chi connectivity index (χ0v) is 9.63. The topological polar surface area (TPSA) is 60.8 Å². The predicted molar refractivity (Wildman–Crippen MR) is 57.0 cm³/mol. The van der Waals surface area contributed by atoms with E-state index in [9.17, 15) is 4.79 Å². The van der Waals surface area contributed by atoms with Gasteiger partial charge in [-0.25, -0.2) is 9.78 Å². The van der Waals surface area contributed by atoms with Crippen molar-refractivity contribution in [3.8, 4) is 0 Å². The summed E-state index contributed by atoms with van der Waals surface area (Å²) in [6, 6.07) is 0. The average molecular weight is 228 g/mol. The fraction of sp³-hybridized carbons (Fsp3) is 0.444. The molecule has 0 fully saturated rings. The summed E-state index contributed by atoms with van der Waals surface area (Å²) in [6.45, 7) is 3.88. The van der Waals surface area contributed by atoms with Gasteiger partial charge in [-0.2, -0.15) is 0 Å². The second-order valence-corrected chi connectivity index (χ2v) is 3.66. The number of carbonyl (C=O) groups is 1. The van der Waals surface area contributed by atoms with Gasteiger partial charge in [-0.15, -0.1) is 11.3 Å². The highest BCUT2D eigenvalue weighted by atomic mass is 32.1. The molecule has 0 aliphatic heterocycles. The van der Waals surface area contributed by atoms with Gasteiger partial charge in [-0.3, -0.25) is 0 Å². The van der Waals surface area contributed by atoms with Gasteiger partial charge in [0, 0.05) is 5.38 Å². The minimum atomic E-state index is -0.523. The number of rotatable bonds is 4. The van der Waals surface area contributed by atoms with E-state index in [2.05, 4.69) is 15.0 Å². The van der Waals surface area contributed by atoms with Crippen molar-refractivity contribution < 1.29 is 14.4 Å². The number of oxime groups is 1. The predicted octanol–water partition coefficient (Wildman–Crippen LogP) is 1.37. The Bertz CT molecular complexity index is 373. The van der Waals surface area contributed by atoms with E-state index < -0.39 is 5.97 Å². The van der Waals surface area contributed by atoms with E-state index in [1.807, 2.05) is 6.92 Å². The van der Waals surface area contributed by atoms with Gasteiger partial charge in [0.05, 0.1) is 11.6 Å². The Morgan fingerprint density at radius 2 is 2.40 bits per heavy atom. The van der Waals surface area contributed by atoms with Crippen LogP contribution in [0.25, 0.3) is 0 Å². The lowest BCUT2D eigenvalue weighted by Crippen LogP contribution is -2.19. The molecule has 0 N–H and O–H groups in total. The molecule has 1 rings (SSSR count). The standard InChI is InChI=1S/C9H12N2O3S/c1-4-14-9(12)8(11-13-3)7-5-15-6(2)10-7/h5H,4H2,1-3H3. The molecule has 0 spiro atoms. The molecule has 0 radical (unpaired) electrons. The SMILES string of the molecule is CCOC(=O)C(=NOC)c1csc(C)n1. The number of hydrogen-bond acceptors (Lipinski definition) is 6. The molecule has 6 heteroatoms. The Morgan fingerprint density at radius 1 is 1.67 bits per heavy atom. The third-order valence-corrected chi connectivity index (χ3v) is 2.29. The molecule has 0 aliphatic rings. The van der Waals surface area contributed by atoms with E-state index >= 15 is 0 Å². The highest BCUT2D eigenvalue weighted by Crippen LogP contribution is 2.10. The minimum Gasteiger partial charge on any atom is -0.461 e. The van der Waals surface area contributed by atoms with Crippen LogP contribution < -0.4 is 0 Å². The number of thiazole rings is 1. The van der Waals surface area contributed by atoms with Crippen LogP contribution in [0.2, 0.25) is 0 Å². The fourth-order valence-electron chi connectivity index (χ4n) is 0.952. The van der Waals surface area contributed by atoms with Crippen molar-refractivity contribution >= 4 is 23.0 Å². The highest BCUT2D eigenvalue weighted by Gasteiger charge is 2.18. The molecule has 5 nitrogen and oxygen atoms in total. The molecule has 1 aromatic heterocycles. The largest absolute Gasteiger partial charge is 0.461 e. The molecule has 0 saturated carbocycles. The van der Waals surface area contributed by atoms with Gasteiger partial charge in [0.2, 0.25) is 5.71 Å². The maximum atomic E-state index is 11.5.